The van der Waals surface area contributed by atoms with Gasteiger partial charge >= 0.3 is 0 Å². The molecule has 0 spiro atoms. The van der Waals surface area contributed by atoms with Crippen molar-refractivity contribution in [3.63, 3.8) is 0 Å². The summed E-state index contributed by atoms with van der Waals surface area (Å²) in [5.74, 6) is 0.541. The molecule has 1 aromatic carbocycles. The molecule has 22 heavy (non-hydrogen) atoms. The molecule has 0 N–H and O–H groups in total. The normalized spacial score (nSPS) is 12.3. The van der Waals surface area contributed by atoms with Crippen molar-refractivity contribution in [2.24, 2.45) is 0 Å². The van der Waals surface area contributed by atoms with Crippen LogP contribution < -0.4 is 10.1 Å². The molecule has 0 aliphatic heterocycles. The van der Waals surface area contributed by atoms with Crippen molar-refractivity contribution in [3.8, 4) is 11.4 Å². The largest absolute Gasteiger partial charge is 0.276 e. The molecule has 0 atom stereocenters. The van der Waals surface area contributed by atoms with E-state index in [4.69, 9.17) is 11.6 Å². The highest BCUT2D eigenvalue weighted by Gasteiger charge is 2.14. The molecule has 0 saturated carbocycles. The number of thiazole rings is 1. The smallest absolute Gasteiger partial charge is 0.267 e. The molecule has 108 valence electrons. The molecule has 0 aliphatic rings. The Kier molecular flexibility index (Phi) is 3.29. The van der Waals surface area contributed by atoms with Crippen LogP contribution in [-0.2, 0) is 0 Å². The van der Waals surface area contributed by atoms with Crippen molar-refractivity contribution in [1.29, 1.82) is 0 Å². The molecule has 0 fully saturated rings. The number of aromatic nitrogens is 3. The molecular formula is C15H8ClN3OS2. The third kappa shape index (κ3) is 2.25. The second kappa shape index (κ2) is 5.31. The fraction of sp³-hybridized carbons (Fsp3) is 0. The number of nitrogens with zero attached hydrogens (tertiary/aromatic N) is 3. The zero-order valence-electron chi connectivity index (χ0n) is 11.1. The first-order valence-corrected chi connectivity index (χ1v) is 8.49. The highest BCUT2D eigenvalue weighted by atomic mass is 35.5. The minimum Gasteiger partial charge on any atom is -0.267 e. The Morgan fingerprint density at radius 1 is 1.14 bits per heavy atom. The number of benzene rings is 1. The molecule has 0 bridgehead atoms. The second-order valence-electron chi connectivity index (χ2n) is 4.58. The molecule has 3 heterocycles. The van der Waals surface area contributed by atoms with Gasteiger partial charge in [-0.15, -0.1) is 21.5 Å². The lowest BCUT2D eigenvalue weighted by atomic mass is 10.2. The van der Waals surface area contributed by atoms with Gasteiger partial charge in [-0.3, -0.25) is 4.79 Å². The van der Waals surface area contributed by atoms with E-state index in [2.05, 4.69) is 10.2 Å². The van der Waals surface area contributed by atoms with Crippen LogP contribution in [0.25, 0.3) is 22.4 Å². The maximum absolute atomic E-state index is 12.6. The molecule has 4 rings (SSSR count). The number of rotatable bonds is 2. The Hall–Kier alpha value is -2.02. The first-order chi connectivity index (χ1) is 10.7. The highest BCUT2D eigenvalue weighted by Crippen LogP contribution is 2.20. The van der Waals surface area contributed by atoms with Crippen molar-refractivity contribution >= 4 is 45.3 Å². The predicted molar refractivity (Wildman–Crippen MR) is 90.7 cm³/mol. The summed E-state index contributed by atoms with van der Waals surface area (Å²) < 4.78 is 2.20. The van der Waals surface area contributed by atoms with E-state index >= 15 is 0 Å². The molecule has 4 aromatic rings. The molecule has 0 unspecified atom stereocenters. The molecule has 7 heteroatoms. The Morgan fingerprint density at radius 2 is 1.95 bits per heavy atom. The molecule has 4 nitrogen and oxygen atoms in total. The van der Waals surface area contributed by atoms with Gasteiger partial charge in [-0.25, -0.2) is 4.40 Å². The lowest BCUT2D eigenvalue weighted by molar-refractivity contribution is 1.09. The van der Waals surface area contributed by atoms with E-state index in [1.54, 1.807) is 27.9 Å². The number of hydrogen-bond donors (Lipinski definition) is 0. The average molecular weight is 346 g/mol. The molecule has 0 amide bonds. The highest BCUT2D eigenvalue weighted by molar-refractivity contribution is 7.15. The zero-order chi connectivity index (χ0) is 15.1. The van der Waals surface area contributed by atoms with Gasteiger partial charge in [-0.1, -0.05) is 29.0 Å². The first-order valence-electron chi connectivity index (χ1n) is 6.41. The Morgan fingerprint density at radius 3 is 2.68 bits per heavy atom. The summed E-state index contributed by atoms with van der Waals surface area (Å²) in [6, 6.07) is 11.1. The minimum absolute atomic E-state index is 0.0941. The number of hydrogen-bond acceptors (Lipinski definition) is 5. The van der Waals surface area contributed by atoms with Crippen LogP contribution in [0.15, 0.2) is 46.6 Å². The summed E-state index contributed by atoms with van der Waals surface area (Å²) in [5.41, 5.74) is 0.720. The van der Waals surface area contributed by atoms with Crippen LogP contribution in [0, 0.1) is 0 Å². The third-order valence-electron chi connectivity index (χ3n) is 3.17. The number of thiophene rings is 1. The number of halogens is 1. The van der Waals surface area contributed by atoms with E-state index in [9.17, 15) is 4.79 Å². The monoisotopic (exact) mass is 345 g/mol. The second-order valence-corrected chi connectivity index (χ2v) is 7.00. The van der Waals surface area contributed by atoms with Crippen molar-refractivity contribution < 1.29 is 0 Å². The van der Waals surface area contributed by atoms with Crippen LogP contribution in [0.3, 0.4) is 0 Å². The minimum atomic E-state index is -0.0941. The lowest BCUT2D eigenvalue weighted by Gasteiger charge is -1.96. The van der Waals surface area contributed by atoms with Crippen molar-refractivity contribution in [2.45, 2.75) is 0 Å². The fourth-order valence-electron chi connectivity index (χ4n) is 2.15. The summed E-state index contributed by atoms with van der Waals surface area (Å²) in [4.78, 5) is 14.3. The quantitative estimate of drug-likeness (QED) is 0.561. The maximum Gasteiger partial charge on any atom is 0.276 e. The van der Waals surface area contributed by atoms with E-state index in [1.165, 1.54) is 11.3 Å². The van der Waals surface area contributed by atoms with Gasteiger partial charge in [0.25, 0.3) is 5.56 Å². The SMILES string of the molecule is O=c1/c(=C/c2cccs2)sc2nnc(-c3ccc(Cl)cc3)n12. The zero-order valence-corrected chi connectivity index (χ0v) is 13.5. The van der Waals surface area contributed by atoms with E-state index < -0.39 is 0 Å². The van der Waals surface area contributed by atoms with E-state index in [0.717, 1.165) is 10.4 Å². The van der Waals surface area contributed by atoms with Gasteiger partial charge in [0.2, 0.25) is 4.96 Å². The lowest BCUT2D eigenvalue weighted by Crippen LogP contribution is -2.23. The van der Waals surface area contributed by atoms with Gasteiger partial charge in [0, 0.05) is 15.5 Å². The van der Waals surface area contributed by atoms with Gasteiger partial charge in [-0.05, 0) is 41.8 Å². The molecule has 0 aliphatic carbocycles. The van der Waals surface area contributed by atoms with Crippen LogP contribution >= 0.6 is 34.3 Å². The number of fused-ring (bicyclic) bond motifs is 1. The van der Waals surface area contributed by atoms with Gasteiger partial charge in [-0.2, -0.15) is 0 Å². The van der Waals surface area contributed by atoms with E-state index in [-0.39, 0.29) is 5.56 Å². The van der Waals surface area contributed by atoms with Crippen LogP contribution in [0.5, 0.6) is 0 Å². The standard InChI is InChI=1S/C15H8ClN3OS2/c16-10-5-3-9(4-6-10)13-17-18-15-19(13)14(20)12(22-15)8-11-2-1-7-21-11/h1-8H/b12-8-. The fourth-order valence-corrected chi connectivity index (χ4v) is 3.91. The van der Waals surface area contributed by atoms with Crippen LogP contribution in [0.2, 0.25) is 5.02 Å². The van der Waals surface area contributed by atoms with Gasteiger partial charge in [0.05, 0.1) is 4.53 Å². The topological polar surface area (TPSA) is 47.3 Å². The average Bonchev–Trinajstić information content (AvgIpc) is 3.21. The molecular weight excluding hydrogens is 338 g/mol. The summed E-state index contributed by atoms with van der Waals surface area (Å²) in [5, 5.41) is 10.9. The van der Waals surface area contributed by atoms with Crippen LogP contribution in [0.1, 0.15) is 4.88 Å². The van der Waals surface area contributed by atoms with Gasteiger partial charge in [0.15, 0.2) is 5.82 Å². The summed E-state index contributed by atoms with van der Waals surface area (Å²) in [6.07, 6.45) is 1.89. The molecule has 3 aromatic heterocycles. The van der Waals surface area contributed by atoms with Crippen molar-refractivity contribution in [3.05, 3.63) is 66.6 Å². The third-order valence-corrected chi connectivity index (χ3v) is 5.20. The Bertz CT molecular complexity index is 1050. The van der Waals surface area contributed by atoms with Crippen LogP contribution in [-0.4, -0.2) is 14.6 Å². The maximum atomic E-state index is 12.6. The first kappa shape index (κ1) is 13.6. The molecule has 0 radical (unpaired) electrons. The molecule has 0 saturated heterocycles. The van der Waals surface area contributed by atoms with E-state index in [0.29, 0.717) is 20.3 Å². The summed E-state index contributed by atoms with van der Waals surface area (Å²) in [6.45, 7) is 0. The van der Waals surface area contributed by atoms with Gasteiger partial charge < -0.3 is 0 Å². The van der Waals surface area contributed by atoms with Crippen molar-refractivity contribution in [2.75, 3.05) is 0 Å². The van der Waals surface area contributed by atoms with Gasteiger partial charge in [0.1, 0.15) is 0 Å². The van der Waals surface area contributed by atoms with E-state index in [1.807, 2.05) is 35.7 Å². The summed E-state index contributed by atoms with van der Waals surface area (Å²) in [7, 11) is 0. The van der Waals surface area contributed by atoms with Crippen molar-refractivity contribution in [1.82, 2.24) is 14.6 Å². The predicted octanol–water partition coefficient (Wildman–Crippen LogP) is 3.08. The summed E-state index contributed by atoms with van der Waals surface area (Å²) >= 11 is 8.84. The van der Waals surface area contributed by atoms with Crippen LogP contribution in [0.4, 0.5) is 0 Å². The Labute approximate surface area is 137 Å². The Balaban J connectivity index is 1.94.